The number of likely N-dealkylation sites (N-methyl/N-ethyl adjacent to an activating group) is 1. The number of primary amides is 1. The minimum absolute atomic E-state index is 0.114. The lowest BCUT2D eigenvalue weighted by Crippen LogP contribution is -3.11. The van der Waals surface area contributed by atoms with E-state index in [9.17, 15) is 9.59 Å². The average Bonchev–Trinajstić information content (AvgIpc) is 2.98. The van der Waals surface area contributed by atoms with E-state index in [-0.39, 0.29) is 5.91 Å². The SMILES string of the molecule is CC[NH+]1CCc2c(sc(NC(=O)CSc3ccc(C)cc3)c2C(N)=O)C1. The summed E-state index contributed by atoms with van der Waals surface area (Å²) < 4.78 is 0. The third-order valence-electron chi connectivity index (χ3n) is 4.62. The number of quaternary nitrogens is 1. The number of hydrogen-bond donors (Lipinski definition) is 3. The molecule has 5 nitrogen and oxygen atoms in total. The molecule has 1 aromatic heterocycles. The second-order valence-electron chi connectivity index (χ2n) is 6.50. The first-order chi connectivity index (χ1) is 12.5. The number of carbonyl (C=O) groups is 2. The normalized spacial score (nSPS) is 16.2. The second-order valence-corrected chi connectivity index (χ2v) is 8.66. The largest absolute Gasteiger partial charge is 0.365 e. The lowest BCUT2D eigenvalue weighted by atomic mass is 10.0. The van der Waals surface area contributed by atoms with Crippen LogP contribution in [0.15, 0.2) is 29.2 Å². The monoisotopic (exact) mass is 390 g/mol. The molecule has 7 heteroatoms. The van der Waals surface area contributed by atoms with Gasteiger partial charge in [0, 0.05) is 11.3 Å². The Kier molecular flexibility index (Phi) is 6.01. The summed E-state index contributed by atoms with van der Waals surface area (Å²) in [5, 5.41) is 3.52. The van der Waals surface area contributed by atoms with E-state index in [1.807, 2.05) is 31.2 Å². The van der Waals surface area contributed by atoms with Crippen molar-refractivity contribution in [3.63, 3.8) is 0 Å². The first-order valence-electron chi connectivity index (χ1n) is 8.75. The van der Waals surface area contributed by atoms with E-state index < -0.39 is 5.91 Å². The number of amides is 2. The standard InChI is InChI=1S/C19H23N3O2S2/c1-3-22-9-8-14-15(10-22)26-19(17(14)18(20)24)21-16(23)11-25-13-6-4-12(2)5-7-13/h4-7H,3,8-11H2,1-2H3,(H2,20,24)(H,21,23)/p+1. The molecule has 2 heterocycles. The average molecular weight is 391 g/mol. The van der Waals surface area contributed by atoms with Gasteiger partial charge in [-0.05, 0) is 31.5 Å². The van der Waals surface area contributed by atoms with E-state index in [2.05, 4.69) is 12.2 Å². The number of thiophene rings is 1. The molecule has 1 atom stereocenters. The van der Waals surface area contributed by atoms with Gasteiger partial charge < -0.3 is 16.0 Å². The molecule has 4 N–H and O–H groups in total. The summed E-state index contributed by atoms with van der Waals surface area (Å²) in [4.78, 5) is 28.1. The molecule has 138 valence electrons. The van der Waals surface area contributed by atoms with Crippen molar-refractivity contribution in [2.45, 2.75) is 31.7 Å². The molecule has 1 aliphatic heterocycles. The van der Waals surface area contributed by atoms with Gasteiger partial charge in [0.25, 0.3) is 5.91 Å². The van der Waals surface area contributed by atoms with Crippen LogP contribution >= 0.6 is 23.1 Å². The number of fused-ring (bicyclic) bond motifs is 1. The lowest BCUT2D eigenvalue weighted by molar-refractivity contribution is -0.913. The van der Waals surface area contributed by atoms with Gasteiger partial charge in [-0.15, -0.1) is 23.1 Å². The summed E-state index contributed by atoms with van der Waals surface area (Å²) in [5.74, 6) is -0.267. The summed E-state index contributed by atoms with van der Waals surface area (Å²) >= 11 is 2.98. The number of benzene rings is 1. The Hall–Kier alpha value is -1.83. The lowest BCUT2D eigenvalue weighted by Gasteiger charge is -2.22. The van der Waals surface area contributed by atoms with E-state index in [0.29, 0.717) is 16.3 Å². The fourth-order valence-electron chi connectivity index (χ4n) is 3.13. The number of rotatable bonds is 6. The first-order valence-corrected chi connectivity index (χ1v) is 10.5. The summed E-state index contributed by atoms with van der Waals surface area (Å²) in [6, 6.07) is 8.07. The Bertz CT molecular complexity index is 815. The van der Waals surface area contributed by atoms with Gasteiger partial charge in [-0.25, -0.2) is 0 Å². The van der Waals surface area contributed by atoms with Crippen LogP contribution in [-0.4, -0.2) is 30.7 Å². The fourth-order valence-corrected chi connectivity index (χ4v) is 5.17. The predicted octanol–water partition coefficient (Wildman–Crippen LogP) is 1.85. The molecule has 0 spiro atoms. The van der Waals surface area contributed by atoms with E-state index in [1.165, 1.54) is 38.4 Å². The minimum atomic E-state index is -0.455. The first kappa shape index (κ1) is 18.9. The molecule has 1 aliphatic rings. The molecule has 0 radical (unpaired) electrons. The topological polar surface area (TPSA) is 76.6 Å². The fraction of sp³-hybridized carbons (Fsp3) is 0.368. The number of nitrogens with one attached hydrogen (secondary N) is 2. The van der Waals surface area contributed by atoms with Gasteiger partial charge in [-0.1, -0.05) is 17.7 Å². The van der Waals surface area contributed by atoms with Crippen molar-refractivity contribution in [3.8, 4) is 0 Å². The summed E-state index contributed by atoms with van der Waals surface area (Å²) in [6.07, 6.45) is 0.835. The van der Waals surface area contributed by atoms with Gasteiger partial charge in [0.1, 0.15) is 11.5 Å². The van der Waals surface area contributed by atoms with Crippen LogP contribution in [0.3, 0.4) is 0 Å². The number of nitrogens with two attached hydrogens (primary N) is 1. The van der Waals surface area contributed by atoms with Crippen LogP contribution in [0.5, 0.6) is 0 Å². The molecular formula is C19H24N3O2S2+. The maximum absolute atomic E-state index is 12.4. The van der Waals surface area contributed by atoms with Crippen molar-refractivity contribution in [2.75, 3.05) is 24.2 Å². The highest BCUT2D eigenvalue weighted by molar-refractivity contribution is 8.00. The highest BCUT2D eigenvalue weighted by Gasteiger charge is 2.29. The maximum atomic E-state index is 12.4. The molecule has 1 unspecified atom stereocenters. The zero-order valence-electron chi connectivity index (χ0n) is 15.1. The molecular weight excluding hydrogens is 366 g/mol. The zero-order chi connectivity index (χ0) is 18.7. The number of anilines is 1. The van der Waals surface area contributed by atoms with Crippen LogP contribution in [0.2, 0.25) is 0 Å². The Morgan fingerprint density at radius 1 is 1.31 bits per heavy atom. The van der Waals surface area contributed by atoms with E-state index in [1.54, 1.807) is 0 Å². The highest BCUT2D eigenvalue weighted by atomic mass is 32.2. The Labute approximate surface area is 162 Å². The van der Waals surface area contributed by atoms with E-state index >= 15 is 0 Å². The molecule has 2 aromatic rings. The number of hydrogen-bond acceptors (Lipinski definition) is 4. The van der Waals surface area contributed by atoms with E-state index in [0.717, 1.165) is 36.5 Å². The number of thioether (sulfide) groups is 1. The van der Waals surface area contributed by atoms with Crippen molar-refractivity contribution < 1.29 is 14.5 Å². The maximum Gasteiger partial charge on any atom is 0.252 e. The zero-order valence-corrected chi connectivity index (χ0v) is 16.7. The molecule has 3 rings (SSSR count). The van der Waals surface area contributed by atoms with Crippen LogP contribution < -0.4 is 16.0 Å². The van der Waals surface area contributed by atoms with Crippen molar-refractivity contribution in [2.24, 2.45) is 5.73 Å². The Balaban J connectivity index is 1.70. The van der Waals surface area contributed by atoms with Crippen LogP contribution in [0.25, 0.3) is 0 Å². The quantitative estimate of drug-likeness (QED) is 0.659. The van der Waals surface area contributed by atoms with Crippen LogP contribution in [0, 0.1) is 6.92 Å². The van der Waals surface area contributed by atoms with E-state index in [4.69, 9.17) is 5.73 Å². The van der Waals surface area contributed by atoms with Gasteiger partial charge >= 0.3 is 0 Å². The molecule has 0 fully saturated rings. The third-order valence-corrected chi connectivity index (χ3v) is 6.78. The summed E-state index contributed by atoms with van der Waals surface area (Å²) in [6.45, 7) is 7.14. The molecule has 0 aliphatic carbocycles. The van der Waals surface area contributed by atoms with Gasteiger partial charge in [-0.3, -0.25) is 9.59 Å². The van der Waals surface area contributed by atoms with Gasteiger partial charge in [0.2, 0.25) is 5.91 Å². The molecule has 2 amide bonds. The Morgan fingerprint density at radius 2 is 2.04 bits per heavy atom. The minimum Gasteiger partial charge on any atom is -0.365 e. The highest BCUT2D eigenvalue weighted by Crippen LogP contribution is 2.34. The van der Waals surface area contributed by atoms with Crippen molar-refractivity contribution >= 4 is 39.9 Å². The molecule has 0 saturated heterocycles. The predicted molar refractivity (Wildman–Crippen MR) is 107 cm³/mol. The van der Waals surface area contributed by atoms with Gasteiger partial charge in [0.15, 0.2) is 0 Å². The van der Waals surface area contributed by atoms with Crippen LogP contribution in [-0.2, 0) is 17.8 Å². The molecule has 0 saturated carbocycles. The van der Waals surface area contributed by atoms with Crippen molar-refractivity contribution in [1.82, 2.24) is 0 Å². The number of carbonyl (C=O) groups excluding carboxylic acids is 2. The third kappa shape index (κ3) is 4.28. The molecule has 1 aromatic carbocycles. The van der Waals surface area contributed by atoms with Crippen molar-refractivity contribution in [3.05, 3.63) is 45.8 Å². The Morgan fingerprint density at radius 3 is 2.69 bits per heavy atom. The second kappa shape index (κ2) is 8.24. The van der Waals surface area contributed by atoms with Crippen LogP contribution in [0.4, 0.5) is 5.00 Å². The van der Waals surface area contributed by atoms with Gasteiger partial charge in [-0.2, -0.15) is 0 Å². The summed E-state index contributed by atoms with van der Waals surface area (Å²) in [5.41, 5.74) is 8.34. The smallest absolute Gasteiger partial charge is 0.252 e. The van der Waals surface area contributed by atoms with Gasteiger partial charge in [0.05, 0.1) is 29.3 Å². The molecule has 26 heavy (non-hydrogen) atoms. The van der Waals surface area contributed by atoms with Crippen molar-refractivity contribution in [1.29, 1.82) is 0 Å². The van der Waals surface area contributed by atoms with Crippen LogP contribution in [0.1, 0.15) is 33.3 Å². The summed E-state index contributed by atoms with van der Waals surface area (Å²) in [7, 11) is 0. The molecule has 0 bridgehead atoms. The number of aryl methyl sites for hydroxylation is 1.